The minimum Gasteiger partial charge on any atom is -0.463 e. The second kappa shape index (κ2) is 6.50. The Morgan fingerprint density at radius 1 is 1.50 bits per heavy atom. The third-order valence-electron chi connectivity index (χ3n) is 3.20. The molecule has 0 spiro atoms. The summed E-state index contributed by atoms with van der Waals surface area (Å²) >= 11 is 1.38. The number of amides is 2. The molecular formula is C15H21N3O3S. The minimum absolute atomic E-state index is 0.0359. The van der Waals surface area contributed by atoms with Gasteiger partial charge >= 0.3 is 6.03 Å². The van der Waals surface area contributed by atoms with Gasteiger partial charge in [0, 0.05) is 5.38 Å². The molecular weight excluding hydrogens is 302 g/mol. The molecule has 6 nitrogen and oxygen atoms in total. The highest BCUT2D eigenvalue weighted by atomic mass is 32.1. The summed E-state index contributed by atoms with van der Waals surface area (Å²) in [6, 6.07) is 3.06. The Balaban J connectivity index is 1.89. The number of anilines is 1. The lowest BCUT2D eigenvalue weighted by atomic mass is 10.0. The van der Waals surface area contributed by atoms with Crippen molar-refractivity contribution >= 4 is 22.5 Å². The van der Waals surface area contributed by atoms with Crippen molar-refractivity contribution in [2.75, 3.05) is 11.9 Å². The van der Waals surface area contributed by atoms with Gasteiger partial charge in [0.25, 0.3) is 0 Å². The van der Waals surface area contributed by atoms with Gasteiger partial charge in [-0.1, -0.05) is 13.8 Å². The molecule has 0 aliphatic rings. The predicted octanol–water partition coefficient (Wildman–Crippen LogP) is 3.20. The zero-order chi connectivity index (χ0) is 16.3. The molecule has 2 heterocycles. The lowest BCUT2D eigenvalue weighted by Crippen LogP contribution is -2.40. The average Bonchev–Trinajstić information content (AvgIpc) is 3.06. The van der Waals surface area contributed by atoms with E-state index in [1.807, 2.05) is 19.2 Å². The lowest BCUT2D eigenvalue weighted by Gasteiger charge is -2.21. The summed E-state index contributed by atoms with van der Waals surface area (Å²) < 4.78 is 5.40. The summed E-state index contributed by atoms with van der Waals surface area (Å²) in [4.78, 5) is 16.2. The van der Waals surface area contributed by atoms with Crippen molar-refractivity contribution in [2.45, 2.75) is 39.2 Å². The predicted molar refractivity (Wildman–Crippen MR) is 86.2 cm³/mol. The second-order valence-corrected chi connectivity index (χ2v) is 6.58. The van der Waals surface area contributed by atoms with Gasteiger partial charge in [-0.3, -0.25) is 5.32 Å². The highest BCUT2D eigenvalue weighted by Gasteiger charge is 2.27. The van der Waals surface area contributed by atoms with Gasteiger partial charge in [0.2, 0.25) is 0 Å². The summed E-state index contributed by atoms with van der Waals surface area (Å²) in [5.74, 6) is 1.45. The van der Waals surface area contributed by atoms with Gasteiger partial charge < -0.3 is 14.8 Å². The topological polar surface area (TPSA) is 87.4 Å². The maximum atomic E-state index is 11.9. The molecule has 0 fully saturated rings. The van der Waals surface area contributed by atoms with Crippen molar-refractivity contribution in [3.05, 3.63) is 34.7 Å². The van der Waals surface area contributed by atoms with Crippen LogP contribution in [0.2, 0.25) is 0 Å². The van der Waals surface area contributed by atoms with E-state index >= 15 is 0 Å². The summed E-state index contributed by atoms with van der Waals surface area (Å²) in [5.41, 5.74) is -0.323. The average molecular weight is 323 g/mol. The van der Waals surface area contributed by atoms with Gasteiger partial charge in [0.1, 0.15) is 17.1 Å². The van der Waals surface area contributed by atoms with Gasteiger partial charge in [0.15, 0.2) is 5.13 Å². The molecule has 0 saturated carbocycles. The monoisotopic (exact) mass is 323 g/mol. The number of nitrogens with zero attached hydrogens (tertiary/aromatic N) is 1. The van der Waals surface area contributed by atoms with E-state index in [0.29, 0.717) is 22.6 Å². The maximum absolute atomic E-state index is 11.9. The van der Waals surface area contributed by atoms with Gasteiger partial charge in [-0.2, -0.15) is 0 Å². The number of thiazole rings is 1. The molecule has 0 unspecified atom stereocenters. The molecule has 0 aliphatic heterocycles. The van der Waals surface area contributed by atoms with Crippen LogP contribution in [-0.2, 0) is 5.60 Å². The van der Waals surface area contributed by atoms with Crippen LogP contribution in [0.3, 0.4) is 0 Å². The van der Waals surface area contributed by atoms with Crippen molar-refractivity contribution < 1.29 is 14.3 Å². The van der Waals surface area contributed by atoms with E-state index in [0.717, 1.165) is 5.69 Å². The lowest BCUT2D eigenvalue weighted by molar-refractivity contribution is 0.0364. The molecule has 0 aromatic carbocycles. The highest BCUT2D eigenvalue weighted by Crippen LogP contribution is 2.23. The first-order valence-electron chi connectivity index (χ1n) is 7.07. The van der Waals surface area contributed by atoms with Crippen molar-refractivity contribution in [3.63, 3.8) is 0 Å². The van der Waals surface area contributed by atoms with Crippen LogP contribution in [0, 0.1) is 6.92 Å². The molecule has 0 saturated heterocycles. The number of aliphatic hydroxyl groups is 1. The van der Waals surface area contributed by atoms with Gasteiger partial charge in [0.05, 0.1) is 12.2 Å². The van der Waals surface area contributed by atoms with Crippen LogP contribution in [0.5, 0.6) is 0 Å². The summed E-state index contributed by atoms with van der Waals surface area (Å²) in [5, 5.41) is 18.1. The number of aryl methyl sites for hydroxylation is 1. The van der Waals surface area contributed by atoms with Gasteiger partial charge in [-0.25, -0.2) is 9.78 Å². The molecule has 0 bridgehead atoms. The largest absolute Gasteiger partial charge is 0.463 e. The standard InChI is InChI=1S/C15H21N3O3S/c1-9(2)11-7-22-14(17-11)18-13(19)16-8-15(4,20)12-6-5-10(3)21-12/h5-7,9,20H,8H2,1-4H3,(H2,16,17,18,19)/t15-/m1/s1. The Bertz CT molecular complexity index is 646. The molecule has 2 rings (SSSR count). The van der Waals surface area contributed by atoms with E-state index in [-0.39, 0.29) is 6.54 Å². The quantitative estimate of drug-likeness (QED) is 0.788. The summed E-state index contributed by atoms with van der Waals surface area (Å²) in [6.45, 7) is 7.51. The van der Waals surface area contributed by atoms with E-state index in [2.05, 4.69) is 15.6 Å². The molecule has 2 amide bonds. The molecule has 2 aromatic heterocycles. The number of furan rings is 1. The number of nitrogens with one attached hydrogen (secondary N) is 2. The van der Waals surface area contributed by atoms with Gasteiger partial charge in [-0.05, 0) is 31.9 Å². The maximum Gasteiger partial charge on any atom is 0.321 e. The zero-order valence-electron chi connectivity index (χ0n) is 13.1. The molecule has 22 heavy (non-hydrogen) atoms. The SMILES string of the molecule is Cc1ccc([C@](C)(O)CNC(=O)Nc2nc(C(C)C)cs2)o1. The van der Waals surface area contributed by atoms with E-state index in [4.69, 9.17) is 4.42 Å². The van der Waals surface area contributed by atoms with Crippen LogP contribution < -0.4 is 10.6 Å². The number of carbonyl (C=O) groups excluding carboxylic acids is 1. The van der Waals surface area contributed by atoms with Crippen LogP contribution in [-0.4, -0.2) is 22.7 Å². The Morgan fingerprint density at radius 3 is 2.77 bits per heavy atom. The number of hydrogen-bond acceptors (Lipinski definition) is 5. The van der Waals surface area contributed by atoms with E-state index in [9.17, 15) is 9.90 Å². The first kappa shape index (κ1) is 16.5. The second-order valence-electron chi connectivity index (χ2n) is 5.72. The molecule has 2 aromatic rings. The third-order valence-corrected chi connectivity index (χ3v) is 3.97. The van der Waals surface area contributed by atoms with Crippen molar-refractivity contribution in [1.29, 1.82) is 0 Å². The zero-order valence-corrected chi connectivity index (χ0v) is 14.0. The Kier molecular flexibility index (Phi) is 4.87. The number of hydrogen-bond donors (Lipinski definition) is 3. The van der Waals surface area contributed by atoms with Crippen molar-refractivity contribution in [3.8, 4) is 0 Å². The Morgan fingerprint density at radius 2 is 2.23 bits per heavy atom. The fraction of sp³-hybridized carbons (Fsp3) is 0.467. The fourth-order valence-electron chi connectivity index (χ4n) is 1.81. The summed E-state index contributed by atoms with van der Waals surface area (Å²) in [6.07, 6.45) is 0. The summed E-state index contributed by atoms with van der Waals surface area (Å²) in [7, 11) is 0. The first-order chi connectivity index (χ1) is 10.3. The van der Waals surface area contributed by atoms with Crippen LogP contribution in [0.15, 0.2) is 21.9 Å². The molecule has 120 valence electrons. The van der Waals surface area contributed by atoms with Crippen LogP contribution in [0.4, 0.5) is 9.93 Å². The molecule has 0 radical (unpaired) electrons. The highest BCUT2D eigenvalue weighted by molar-refractivity contribution is 7.13. The molecule has 0 aliphatic carbocycles. The van der Waals surface area contributed by atoms with E-state index in [1.54, 1.807) is 26.0 Å². The van der Waals surface area contributed by atoms with E-state index in [1.165, 1.54) is 11.3 Å². The third kappa shape index (κ3) is 4.08. The smallest absolute Gasteiger partial charge is 0.321 e. The minimum atomic E-state index is -1.27. The van der Waals surface area contributed by atoms with Crippen LogP contribution in [0.1, 0.15) is 43.9 Å². The fourth-order valence-corrected chi connectivity index (χ4v) is 2.68. The molecule has 3 N–H and O–H groups in total. The molecule has 7 heteroatoms. The Hall–Kier alpha value is -1.86. The van der Waals surface area contributed by atoms with Crippen LogP contribution >= 0.6 is 11.3 Å². The number of rotatable bonds is 5. The van der Waals surface area contributed by atoms with Gasteiger partial charge in [-0.15, -0.1) is 11.3 Å². The Labute approximate surface area is 133 Å². The first-order valence-corrected chi connectivity index (χ1v) is 7.95. The number of carbonyl (C=O) groups is 1. The van der Waals surface area contributed by atoms with E-state index < -0.39 is 11.6 Å². The number of aromatic nitrogens is 1. The van der Waals surface area contributed by atoms with Crippen LogP contribution in [0.25, 0.3) is 0 Å². The molecule has 1 atom stereocenters. The van der Waals surface area contributed by atoms with Crippen molar-refractivity contribution in [1.82, 2.24) is 10.3 Å². The number of urea groups is 1. The van der Waals surface area contributed by atoms with Crippen molar-refractivity contribution in [2.24, 2.45) is 0 Å². The normalized spacial score (nSPS) is 13.9.